The third-order valence-corrected chi connectivity index (χ3v) is 12.9. The molecule has 29 atom stereocenters. The van der Waals surface area contributed by atoms with Gasteiger partial charge in [0.05, 0.1) is 39.6 Å². The van der Waals surface area contributed by atoms with Gasteiger partial charge in [0.25, 0.3) is 0 Å². The molecular weight excluding hydrogens is 946 g/mol. The molecule has 30 nitrogen and oxygen atoms in total. The molecule has 6 aliphatic rings. The smallest absolute Gasteiger partial charge is 0.187 e. The average Bonchev–Trinajstić information content (AvgIpc) is 3.34. The van der Waals surface area contributed by atoms with Crippen molar-refractivity contribution in [3.05, 3.63) is 0 Å². The molecule has 6 rings (SSSR count). The fraction of sp³-hybridized carbons (Fsp3) is 1.00. The Morgan fingerprint density at radius 3 is 1.01 bits per heavy atom. The van der Waals surface area contributed by atoms with Crippen molar-refractivity contribution in [2.45, 2.75) is 191 Å². The Bertz CT molecular complexity index is 1520. The summed E-state index contributed by atoms with van der Waals surface area (Å²) < 4.78 is 62.2. The fourth-order valence-electron chi connectivity index (χ4n) is 8.90. The van der Waals surface area contributed by atoms with Crippen LogP contribution in [0.3, 0.4) is 0 Å². The normalized spacial score (nSPS) is 51.1. The van der Waals surface area contributed by atoms with E-state index in [0.717, 1.165) is 0 Å². The second-order valence-corrected chi connectivity index (χ2v) is 17.7. The minimum absolute atomic E-state index is 0.153. The lowest BCUT2D eigenvalue weighted by molar-refractivity contribution is -0.393. The number of ether oxygens (including phenoxy) is 11. The van der Waals surface area contributed by atoms with Crippen molar-refractivity contribution in [3.63, 3.8) is 0 Å². The highest BCUT2D eigenvalue weighted by Crippen LogP contribution is 2.36. The zero-order chi connectivity index (χ0) is 50.6. The molecule has 6 fully saturated rings. The monoisotopic (exact) mass is 1020 g/mol. The van der Waals surface area contributed by atoms with Crippen molar-refractivity contribution >= 4 is 0 Å². The van der Waals surface area contributed by atoms with Gasteiger partial charge < -0.3 is 149 Å². The molecule has 6 saturated heterocycles. The maximum absolute atomic E-state index is 11.5. The minimum atomic E-state index is -2.11. The van der Waals surface area contributed by atoms with Gasteiger partial charge in [0.15, 0.2) is 31.5 Å². The van der Waals surface area contributed by atoms with Gasteiger partial charge in [0, 0.05) is 6.54 Å². The Morgan fingerprint density at radius 1 is 0.362 bits per heavy atom. The van der Waals surface area contributed by atoms with Gasteiger partial charge in [-0.1, -0.05) is 6.92 Å². The van der Waals surface area contributed by atoms with Crippen molar-refractivity contribution in [3.8, 4) is 0 Å². The lowest BCUT2D eigenvalue weighted by atomic mass is 9.95. The Hall–Kier alpha value is -1.20. The maximum Gasteiger partial charge on any atom is 0.187 e. The van der Waals surface area contributed by atoms with Crippen LogP contribution in [-0.2, 0) is 52.1 Å². The molecule has 19 N–H and O–H groups in total. The zero-order valence-corrected chi connectivity index (χ0v) is 37.1. The van der Waals surface area contributed by atoms with E-state index in [1.54, 1.807) is 0 Å². The van der Waals surface area contributed by atoms with Crippen molar-refractivity contribution < 1.29 is 144 Å². The molecule has 404 valence electrons. The lowest BCUT2D eigenvalue weighted by Crippen LogP contribution is -2.68. The van der Waals surface area contributed by atoms with E-state index in [0.29, 0.717) is 13.0 Å². The van der Waals surface area contributed by atoms with Crippen LogP contribution < -0.4 is 5.32 Å². The summed E-state index contributed by atoms with van der Waals surface area (Å²) in [6.45, 7) is -2.57. The molecule has 0 amide bonds. The van der Waals surface area contributed by atoms with E-state index < -0.39 is 211 Å². The molecule has 0 saturated carbocycles. The van der Waals surface area contributed by atoms with Crippen LogP contribution in [0, 0.1) is 0 Å². The van der Waals surface area contributed by atoms with Crippen LogP contribution in [0.1, 0.15) is 13.3 Å². The topological polar surface area (TPSA) is 478 Å². The second-order valence-electron chi connectivity index (χ2n) is 17.7. The number of hydrogen-bond acceptors (Lipinski definition) is 30. The summed E-state index contributed by atoms with van der Waals surface area (Å²) in [7, 11) is 0. The van der Waals surface area contributed by atoms with Gasteiger partial charge in [-0.2, -0.15) is 0 Å². The Balaban J connectivity index is 1.10. The van der Waals surface area contributed by atoms with Gasteiger partial charge in [0.1, 0.15) is 146 Å². The van der Waals surface area contributed by atoms with Gasteiger partial charge in [-0.05, 0) is 13.0 Å². The average molecular weight is 1020 g/mol. The van der Waals surface area contributed by atoms with E-state index in [-0.39, 0.29) is 13.2 Å². The number of rotatable bonds is 19. The third kappa shape index (κ3) is 12.3. The van der Waals surface area contributed by atoms with Gasteiger partial charge in [-0.3, -0.25) is 0 Å². The van der Waals surface area contributed by atoms with Crippen LogP contribution in [0.15, 0.2) is 0 Å². The summed E-state index contributed by atoms with van der Waals surface area (Å²) in [5.74, 6) is 0. The van der Waals surface area contributed by atoms with Crippen LogP contribution in [0.25, 0.3) is 0 Å². The first-order valence-electron chi connectivity index (χ1n) is 22.6. The Morgan fingerprint density at radius 2 is 0.667 bits per heavy atom. The molecule has 0 aromatic heterocycles. The molecule has 69 heavy (non-hydrogen) atoms. The van der Waals surface area contributed by atoms with E-state index >= 15 is 0 Å². The number of aliphatic hydroxyl groups is 18. The molecule has 0 aromatic rings. The number of hydrogen-bond donors (Lipinski definition) is 19. The summed E-state index contributed by atoms with van der Waals surface area (Å²) in [5.41, 5.74) is 0. The van der Waals surface area contributed by atoms with E-state index in [1.807, 2.05) is 6.92 Å². The molecule has 6 heterocycles. The van der Waals surface area contributed by atoms with Crippen molar-refractivity contribution in [2.75, 3.05) is 52.7 Å². The first kappa shape index (κ1) is 57.1. The summed E-state index contributed by atoms with van der Waals surface area (Å²) >= 11 is 0. The highest BCUT2D eigenvalue weighted by Gasteiger charge is 2.57. The molecule has 0 bridgehead atoms. The van der Waals surface area contributed by atoms with Gasteiger partial charge in [-0.15, -0.1) is 0 Å². The molecule has 0 spiro atoms. The molecular formula is C39H69NO29. The Labute approximate surface area is 393 Å². The van der Waals surface area contributed by atoms with Crippen LogP contribution in [0.4, 0.5) is 0 Å². The molecule has 0 aliphatic carbocycles. The first-order valence-corrected chi connectivity index (χ1v) is 22.6. The van der Waals surface area contributed by atoms with E-state index in [4.69, 9.17) is 52.1 Å². The van der Waals surface area contributed by atoms with Crippen LogP contribution in [0.5, 0.6) is 0 Å². The van der Waals surface area contributed by atoms with Crippen LogP contribution in [-0.4, -0.2) is 323 Å². The molecule has 29 unspecified atom stereocenters. The maximum atomic E-state index is 11.5. The lowest BCUT2D eigenvalue weighted by Gasteiger charge is -2.50. The van der Waals surface area contributed by atoms with Crippen molar-refractivity contribution in [1.29, 1.82) is 0 Å². The van der Waals surface area contributed by atoms with Gasteiger partial charge in [0.2, 0.25) is 0 Å². The molecule has 0 radical (unpaired) electrons. The molecule has 30 heteroatoms. The summed E-state index contributed by atoms with van der Waals surface area (Å²) in [6, 6.07) is 0. The SMILES string of the molecule is CCCNCC1OC(OC2C(CO)OC(OC3C(CO)OC(OC4C(CO)OCC(O)C4O)C(O)C3O)C(O)C2O)C(O)C(O)C1OC1OC(CO)C(OC2OC(CO)C(O)C(O)C2O)C(O)C1O. The fourth-order valence-corrected chi connectivity index (χ4v) is 8.90. The van der Waals surface area contributed by atoms with Crippen molar-refractivity contribution in [1.82, 2.24) is 5.32 Å². The van der Waals surface area contributed by atoms with E-state index in [9.17, 15) is 91.9 Å². The predicted molar refractivity (Wildman–Crippen MR) is 214 cm³/mol. The standard InChI is InChI=1S/C39H69NO29/c1-2-3-40-4-12-30(65-37-27(56)22(51)32(15(7-43)62-37)67-35-25(54)20(49)19(48)13(5-41)61-35)21(50)26(55)36(60-12)68-33-16(8-44)64-39(29(58)24(33)53)69-34-17(9-45)63-38(28(57)23(34)52)66-31-14(6-42)59-10-11(46)18(31)47/h11-58H,2-10H2,1H3. The summed E-state index contributed by atoms with van der Waals surface area (Å²) in [5, 5.41) is 194. The zero-order valence-electron chi connectivity index (χ0n) is 37.1. The van der Waals surface area contributed by atoms with E-state index in [1.165, 1.54) is 0 Å². The molecule has 0 aromatic carbocycles. The predicted octanol–water partition coefficient (Wildman–Crippen LogP) is -12.4. The summed E-state index contributed by atoms with van der Waals surface area (Å²) in [4.78, 5) is 0. The van der Waals surface area contributed by atoms with Gasteiger partial charge >= 0.3 is 0 Å². The number of nitrogens with one attached hydrogen (secondary N) is 1. The third-order valence-electron chi connectivity index (χ3n) is 12.9. The summed E-state index contributed by atoms with van der Waals surface area (Å²) in [6.07, 6.45) is -50.6. The molecule has 6 aliphatic heterocycles. The van der Waals surface area contributed by atoms with E-state index in [2.05, 4.69) is 5.32 Å². The second kappa shape index (κ2) is 25.4. The van der Waals surface area contributed by atoms with Crippen molar-refractivity contribution in [2.24, 2.45) is 0 Å². The van der Waals surface area contributed by atoms with Gasteiger partial charge in [-0.25, -0.2) is 0 Å². The number of aliphatic hydroxyl groups excluding tert-OH is 18. The highest BCUT2D eigenvalue weighted by atomic mass is 16.8. The largest absolute Gasteiger partial charge is 0.394 e. The van der Waals surface area contributed by atoms with Crippen LogP contribution >= 0.6 is 0 Å². The Kier molecular flexibility index (Phi) is 21.0. The first-order chi connectivity index (χ1) is 32.8. The minimum Gasteiger partial charge on any atom is -0.394 e. The highest BCUT2D eigenvalue weighted by molar-refractivity contribution is 5.00. The van der Waals surface area contributed by atoms with Crippen LogP contribution in [0.2, 0.25) is 0 Å². The quantitative estimate of drug-likeness (QED) is 0.0534.